The van der Waals surface area contributed by atoms with E-state index in [0.717, 1.165) is 22.1 Å². The van der Waals surface area contributed by atoms with Gasteiger partial charge in [-0.3, -0.25) is 4.39 Å². The highest BCUT2D eigenvalue weighted by atomic mass is 19.1. The first-order chi connectivity index (χ1) is 8.26. The summed E-state index contributed by atoms with van der Waals surface area (Å²) in [5.41, 5.74) is 2.71. The van der Waals surface area contributed by atoms with Gasteiger partial charge in [0.2, 0.25) is 0 Å². The van der Waals surface area contributed by atoms with Gasteiger partial charge in [0, 0.05) is 11.4 Å². The van der Waals surface area contributed by atoms with Gasteiger partial charge in [-0.15, -0.1) is 0 Å². The van der Waals surface area contributed by atoms with Crippen molar-refractivity contribution < 1.29 is 8.81 Å². The first-order valence-corrected chi connectivity index (χ1v) is 5.66. The number of furan rings is 1. The highest BCUT2D eigenvalue weighted by Crippen LogP contribution is 2.24. The number of likely N-dealkylation sites (N-methyl/N-ethyl adjacent to an activating group) is 1. The van der Waals surface area contributed by atoms with Crippen molar-refractivity contribution in [2.75, 3.05) is 13.7 Å². The van der Waals surface area contributed by atoms with Gasteiger partial charge in [0.05, 0.1) is 12.9 Å². The number of alkyl halides is 1. The molecule has 1 heterocycles. The van der Waals surface area contributed by atoms with Gasteiger partial charge < -0.3 is 9.73 Å². The summed E-state index contributed by atoms with van der Waals surface area (Å²) in [5, 5.41) is 4.14. The Hall–Kier alpha value is -1.61. The van der Waals surface area contributed by atoms with E-state index in [4.69, 9.17) is 4.42 Å². The lowest BCUT2D eigenvalue weighted by Crippen LogP contribution is -2.26. The third kappa shape index (κ3) is 2.39. The van der Waals surface area contributed by atoms with Gasteiger partial charge in [-0.25, -0.2) is 0 Å². The van der Waals surface area contributed by atoms with Crippen LogP contribution in [-0.2, 0) is 0 Å². The Morgan fingerprint density at radius 3 is 3.00 bits per heavy atom. The lowest BCUT2D eigenvalue weighted by molar-refractivity contribution is 0.443. The number of hydrogen-bond acceptors (Lipinski definition) is 2. The molecule has 0 amide bonds. The molecule has 3 heteroatoms. The van der Waals surface area contributed by atoms with E-state index in [9.17, 15) is 4.39 Å². The second kappa shape index (κ2) is 5.15. The second-order valence-electron chi connectivity index (χ2n) is 4.02. The summed E-state index contributed by atoms with van der Waals surface area (Å²) in [7, 11) is 1.82. The molecule has 1 aromatic heterocycles. The molecule has 0 aliphatic rings. The molecule has 1 atom stereocenters. The van der Waals surface area contributed by atoms with E-state index in [1.54, 1.807) is 6.26 Å². The highest BCUT2D eigenvalue weighted by Gasteiger charge is 2.12. The molecule has 1 aromatic carbocycles. The Morgan fingerprint density at radius 1 is 1.47 bits per heavy atom. The fourth-order valence-corrected chi connectivity index (χ4v) is 1.96. The second-order valence-corrected chi connectivity index (χ2v) is 4.02. The Balaban J connectivity index is 2.28. The van der Waals surface area contributed by atoms with Crippen molar-refractivity contribution in [3.05, 3.63) is 42.7 Å². The quantitative estimate of drug-likeness (QED) is 0.856. The molecule has 17 heavy (non-hydrogen) atoms. The van der Waals surface area contributed by atoms with Gasteiger partial charge in [0.25, 0.3) is 0 Å². The molecule has 2 nitrogen and oxygen atoms in total. The number of fused-ring (bicyclic) bond motifs is 1. The summed E-state index contributed by atoms with van der Waals surface area (Å²) < 4.78 is 17.8. The van der Waals surface area contributed by atoms with E-state index in [1.165, 1.54) is 0 Å². The summed E-state index contributed by atoms with van der Waals surface area (Å²) in [6.07, 6.45) is 2.10. The maximum absolute atomic E-state index is 12.4. The third-order valence-electron chi connectivity index (χ3n) is 2.99. The van der Waals surface area contributed by atoms with E-state index in [2.05, 4.69) is 11.9 Å². The molecule has 2 aromatic rings. The van der Waals surface area contributed by atoms with Crippen LogP contribution in [0.5, 0.6) is 0 Å². The van der Waals surface area contributed by atoms with Crippen molar-refractivity contribution >= 4 is 16.5 Å². The predicted molar refractivity (Wildman–Crippen MR) is 68.7 cm³/mol. The van der Waals surface area contributed by atoms with Crippen molar-refractivity contribution in [1.82, 2.24) is 5.32 Å². The molecule has 0 saturated heterocycles. The smallest absolute Gasteiger partial charge is 0.134 e. The molecule has 1 unspecified atom stereocenters. The molecule has 0 bridgehead atoms. The maximum atomic E-state index is 12.4. The van der Waals surface area contributed by atoms with Crippen LogP contribution >= 0.6 is 0 Å². The summed E-state index contributed by atoms with van der Waals surface area (Å²) in [6.45, 7) is 3.68. The van der Waals surface area contributed by atoms with Crippen LogP contribution in [0.2, 0.25) is 0 Å². The van der Waals surface area contributed by atoms with Crippen molar-refractivity contribution in [2.45, 2.75) is 12.5 Å². The highest BCUT2D eigenvalue weighted by molar-refractivity contribution is 5.82. The average molecular weight is 233 g/mol. The number of hydrogen-bond donors (Lipinski definition) is 1. The molecule has 0 radical (unpaired) electrons. The summed E-state index contributed by atoms with van der Waals surface area (Å²) in [6, 6.07) is 7.80. The zero-order valence-electron chi connectivity index (χ0n) is 9.87. The van der Waals surface area contributed by atoms with Crippen LogP contribution in [-0.4, -0.2) is 19.8 Å². The van der Waals surface area contributed by atoms with Crippen LogP contribution in [0.25, 0.3) is 16.5 Å². The maximum Gasteiger partial charge on any atom is 0.134 e. The van der Waals surface area contributed by atoms with Gasteiger partial charge in [0.1, 0.15) is 5.58 Å². The number of halogens is 1. The molecule has 2 rings (SSSR count). The lowest BCUT2D eigenvalue weighted by atomic mass is 9.97. The number of rotatable bonds is 5. The molecule has 1 N–H and O–H groups in total. The fraction of sp³-hybridized carbons (Fsp3) is 0.286. The van der Waals surface area contributed by atoms with Crippen LogP contribution in [0.3, 0.4) is 0 Å². The van der Waals surface area contributed by atoms with Crippen LogP contribution in [0.1, 0.15) is 12.0 Å². The van der Waals surface area contributed by atoms with Crippen molar-refractivity contribution in [3.63, 3.8) is 0 Å². The van der Waals surface area contributed by atoms with Crippen LogP contribution < -0.4 is 5.32 Å². The van der Waals surface area contributed by atoms with Gasteiger partial charge in [0.15, 0.2) is 0 Å². The van der Waals surface area contributed by atoms with E-state index in [-0.39, 0.29) is 12.7 Å². The predicted octanol–water partition coefficient (Wildman–Crippen LogP) is 3.39. The molecular weight excluding hydrogens is 217 g/mol. The molecule has 0 fully saturated rings. The Labute approximate surface area is 100 Å². The summed E-state index contributed by atoms with van der Waals surface area (Å²) >= 11 is 0. The molecule has 0 spiro atoms. The van der Waals surface area contributed by atoms with E-state index >= 15 is 0 Å². The zero-order valence-corrected chi connectivity index (χ0v) is 9.87. The van der Waals surface area contributed by atoms with E-state index < -0.39 is 0 Å². The monoisotopic (exact) mass is 233 g/mol. The minimum Gasteiger partial charge on any atom is -0.464 e. The average Bonchev–Trinajstić information content (AvgIpc) is 2.82. The summed E-state index contributed by atoms with van der Waals surface area (Å²) in [5.74, 6) is 0. The van der Waals surface area contributed by atoms with Gasteiger partial charge in [-0.1, -0.05) is 18.7 Å². The molecular formula is C14H16FNO. The van der Waals surface area contributed by atoms with E-state index in [0.29, 0.717) is 6.42 Å². The van der Waals surface area contributed by atoms with Crippen molar-refractivity contribution in [3.8, 4) is 0 Å². The molecule has 0 saturated carbocycles. The van der Waals surface area contributed by atoms with Crippen LogP contribution in [0, 0.1) is 0 Å². The molecule has 0 aliphatic carbocycles. The minimum absolute atomic E-state index is 0.0348. The van der Waals surface area contributed by atoms with Crippen LogP contribution in [0.4, 0.5) is 4.39 Å². The normalized spacial score (nSPS) is 12.8. The largest absolute Gasteiger partial charge is 0.464 e. The SMILES string of the molecule is C=C(c1ccc2ccoc2c1)C(CCF)NC. The van der Waals surface area contributed by atoms with Gasteiger partial charge in [-0.05, 0) is 36.7 Å². The first kappa shape index (κ1) is 11.9. The summed E-state index contributed by atoms with van der Waals surface area (Å²) in [4.78, 5) is 0. The zero-order chi connectivity index (χ0) is 12.3. The number of nitrogens with one attached hydrogen (secondary N) is 1. The standard InChI is InChI=1S/C14H16FNO/c1-10(13(16-2)5-7-15)12-4-3-11-6-8-17-14(11)9-12/h3-4,6,8-9,13,16H,1,5,7H2,2H3. The number of benzene rings is 1. The van der Waals surface area contributed by atoms with Crippen LogP contribution in [0.15, 0.2) is 41.5 Å². The first-order valence-electron chi connectivity index (χ1n) is 5.66. The van der Waals surface area contributed by atoms with Gasteiger partial charge in [-0.2, -0.15) is 0 Å². The van der Waals surface area contributed by atoms with Gasteiger partial charge >= 0.3 is 0 Å². The van der Waals surface area contributed by atoms with E-state index in [1.807, 2.05) is 31.3 Å². The molecule has 90 valence electrons. The Bertz CT molecular complexity index is 518. The lowest BCUT2D eigenvalue weighted by Gasteiger charge is -2.17. The fourth-order valence-electron chi connectivity index (χ4n) is 1.96. The Morgan fingerprint density at radius 2 is 2.29 bits per heavy atom. The Kier molecular flexibility index (Phi) is 3.59. The minimum atomic E-state index is -0.354. The van der Waals surface area contributed by atoms with Crippen molar-refractivity contribution in [2.24, 2.45) is 0 Å². The third-order valence-corrected chi connectivity index (χ3v) is 2.99. The van der Waals surface area contributed by atoms with Crippen molar-refractivity contribution in [1.29, 1.82) is 0 Å². The topological polar surface area (TPSA) is 25.2 Å². The molecule has 0 aliphatic heterocycles.